The standard InChI is InChI=1S/C21H28INO3/c1-19-7-6-12-10-13-17(24)18(25)14(23(2)3)11-20(13)8-9-21(12,26-20)15(19)4-5-16(19)22/h5-6,10,14-15,17-18,24-25H,4,7-9,11H2,1-3H3/t14-,15+,17+,18+,19-,20+,21+/m0/s1. The molecule has 2 spiro atoms. The third kappa shape index (κ3) is 1.99. The first-order valence-electron chi connectivity index (χ1n) is 9.75. The largest absolute Gasteiger partial charge is 0.388 e. The molecular formula is C21H28INO3. The molecule has 5 heteroatoms. The Labute approximate surface area is 169 Å². The molecule has 5 aliphatic rings. The minimum Gasteiger partial charge on any atom is -0.388 e. The summed E-state index contributed by atoms with van der Waals surface area (Å²) in [5.41, 5.74) is 1.69. The molecule has 0 radical (unpaired) electrons. The van der Waals surface area contributed by atoms with E-state index in [4.69, 9.17) is 4.74 Å². The van der Waals surface area contributed by atoms with Crippen LogP contribution in [0.2, 0.25) is 0 Å². The van der Waals surface area contributed by atoms with Crippen molar-refractivity contribution in [3.05, 3.63) is 33.0 Å². The van der Waals surface area contributed by atoms with Crippen LogP contribution in [0, 0.1) is 11.3 Å². The molecule has 2 fully saturated rings. The van der Waals surface area contributed by atoms with Gasteiger partial charge in [0.1, 0.15) is 6.10 Å². The molecule has 0 unspecified atom stereocenters. The Balaban J connectivity index is 1.62. The SMILES string of the molecule is CN(C)[C@H]1C[C@@]23CC[C@@]4(O2)C(=CC[C@]2(C)C(I)=CC[C@H]24)C=C3[C@@H](O)[C@@H]1O. The lowest BCUT2D eigenvalue weighted by Crippen LogP contribution is -2.61. The molecule has 3 aliphatic carbocycles. The van der Waals surface area contributed by atoms with Crippen molar-refractivity contribution in [3.63, 3.8) is 0 Å². The molecule has 2 aliphatic heterocycles. The quantitative estimate of drug-likeness (QED) is 0.580. The van der Waals surface area contributed by atoms with Gasteiger partial charge < -0.3 is 19.8 Å². The van der Waals surface area contributed by atoms with Crippen molar-refractivity contribution in [2.45, 2.75) is 68.5 Å². The number of hydrogen-bond donors (Lipinski definition) is 2. The molecule has 0 amide bonds. The second-order valence-electron chi connectivity index (χ2n) is 9.38. The lowest BCUT2D eigenvalue weighted by molar-refractivity contribution is -0.162. The predicted octanol–water partition coefficient (Wildman–Crippen LogP) is 2.95. The summed E-state index contributed by atoms with van der Waals surface area (Å²) in [4.78, 5) is 2.03. The first kappa shape index (κ1) is 17.9. The predicted molar refractivity (Wildman–Crippen MR) is 109 cm³/mol. The number of allylic oxidation sites excluding steroid dienone is 3. The van der Waals surface area contributed by atoms with Crippen LogP contribution >= 0.6 is 22.6 Å². The third-order valence-corrected chi connectivity index (χ3v) is 9.67. The Morgan fingerprint density at radius 2 is 2.00 bits per heavy atom. The fourth-order valence-electron chi connectivity index (χ4n) is 6.45. The number of fused-ring (bicyclic) bond motifs is 1. The highest BCUT2D eigenvalue weighted by molar-refractivity contribution is 14.1. The van der Waals surface area contributed by atoms with Gasteiger partial charge in [-0.1, -0.05) is 25.2 Å². The van der Waals surface area contributed by atoms with Crippen LogP contribution in [0.15, 0.2) is 33.0 Å². The normalized spacial score (nSPS) is 52.0. The molecule has 2 bridgehead atoms. The number of nitrogens with zero attached hydrogens (tertiary/aromatic N) is 1. The number of halogens is 1. The maximum absolute atomic E-state index is 10.9. The molecule has 0 aromatic rings. The fraction of sp³-hybridized carbons (Fsp3) is 0.714. The van der Waals surface area contributed by atoms with E-state index in [1.54, 1.807) is 0 Å². The molecule has 26 heavy (non-hydrogen) atoms. The summed E-state index contributed by atoms with van der Waals surface area (Å²) in [6, 6.07) is -0.0837. The second-order valence-corrected chi connectivity index (χ2v) is 10.5. The maximum Gasteiger partial charge on any atom is 0.105 e. The monoisotopic (exact) mass is 469 g/mol. The summed E-state index contributed by atoms with van der Waals surface area (Å²) in [5.74, 6) is 0.473. The first-order chi connectivity index (χ1) is 12.2. The summed E-state index contributed by atoms with van der Waals surface area (Å²) in [6.45, 7) is 2.39. The highest BCUT2D eigenvalue weighted by Gasteiger charge is 2.67. The van der Waals surface area contributed by atoms with Crippen molar-refractivity contribution in [2.24, 2.45) is 11.3 Å². The van der Waals surface area contributed by atoms with E-state index in [9.17, 15) is 10.2 Å². The topological polar surface area (TPSA) is 52.9 Å². The third-order valence-electron chi connectivity index (χ3n) is 8.00. The number of aliphatic hydroxyl groups is 2. The average molecular weight is 469 g/mol. The molecular weight excluding hydrogens is 441 g/mol. The zero-order valence-electron chi connectivity index (χ0n) is 15.7. The Morgan fingerprint density at radius 1 is 1.23 bits per heavy atom. The molecule has 5 rings (SSSR count). The van der Waals surface area contributed by atoms with Gasteiger partial charge in [0.2, 0.25) is 0 Å². The van der Waals surface area contributed by atoms with Gasteiger partial charge in [-0.15, -0.1) is 0 Å². The van der Waals surface area contributed by atoms with Crippen molar-refractivity contribution in [1.29, 1.82) is 0 Å². The Morgan fingerprint density at radius 3 is 2.73 bits per heavy atom. The van der Waals surface area contributed by atoms with Gasteiger partial charge in [-0.05, 0) is 83.5 Å². The number of aliphatic hydroxyl groups excluding tert-OH is 2. The molecule has 7 atom stereocenters. The number of ether oxygens (including phenoxy) is 1. The van der Waals surface area contributed by atoms with Crippen LogP contribution in [0.25, 0.3) is 0 Å². The van der Waals surface area contributed by atoms with E-state index < -0.39 is 17.8 Å². The van der Waals surface area contributed by atoms with Crippen LogP contribution in [0.5, 0.6) is 0 Å². The minimum atomic E-state index is -0.844. The van der Waals surface area contributed by atoms with Gasteiger partial charge in [-0.25, -0.2) is 0 Å². The Hall–Kier alpha value is -0.210. The van der Waals surface area contributed by atoms with Crippen LogP contribution in [-0.4, -0.2) is 58.7 Å². The highest BCUT2D eigenvalue weighted by Crippen LogP contribution is 2.67. The van der Waals surface area contributed by atoms with Crippen molar-refractivity contribution < 1.29 is 14.9 Å². The van der Waals surface area contributed by atoms with Crippen molar-refractivity contribution in [2.75, 3.05) is 14.1 Å². The number of rotatable bonds is 1. The van der Waals surface area contributed by atoms with Gasteiger partial charge >= 0.3 is 0 Å². The van der Waals surface area contributed by atoms with Crippen LogP contribution in [0.1, 0.15) is 39.0 Å². The Bertz CT molecular complexity index is 758. The van der Waals surface area contributed by atoms with E-state index >= 15 is 0 Å². The molecule has 2 N–H and O–H groups in total. The zero-order valence-corrected chi connectivity index (χ0v) is 17.9. The van der Waals surface area contributed by atoms with Crippen LogP contribution in [0.4, 0.5) is 0 Å². The number of hydrogen-bond acceptors (Lipinski definition) is 4. The van der Waals surface area contributed by atoms with E-state index in [1.807, 2.05) is 19.0 Å². The summed E-state index contributed by atoms with van der Waals surface area (Å²) < 4.78 is 8.50. The van der Waals surface area contributed by atoms with Gasteiger partial charge in [0.05, 0.1) is 17.3 Å². The molecule has 2 heterocycles. The molecule has 1 saturated heterocycles. The number of likely N-dealkylation sites (N-methyl/N-ethyl adjacent to an activating group) is 1. The van der Waals surface area contributed by atoms with Crippen molar-refractivity contribution in [3.8, 4) is 0 Å². The minimum absolute atomic E-state index is 0.0837. The summed E-state index contributed by atoms with van der Waals surface area (Å²) in [7, 11) is 3.96. The van der Waals surface area contributed by atoms with E-state index in [-0.39, 0.29) is 17.1 Å². The molecule has 0 aromatic heterocycles. The van der Waals surface area contributed by atoms with Gasteiger partial charge in [0, 0.05) is 17.4 Å². The van der Waals surface area contributed by atoms with Crippen LogP contribution < -0.4 is 0 Å². The van der Waals surface area contributed by atoms with Gasteiger partial charge in [0.15, 0.2) is 0 Å². The summed E-state index contributed by atoms with van der Waals surface area (Å²) in [6.07, 6.45) is 10.1. The van der Waals surface area contributed by atoms with Gasteiger partial charge in [0.25, 0.3) is 0 Å². The van der Waals surface area contributed by atoms with E-state index in [2.05, 4.69) is 47.7 Å². The lowest BCUT2D eigenvalue weighted by Gasteiger charge is -2.55. The second kappa shape index (κ2) is 5.44. The molecule has 1 saturated carbocycles. The van der Waals surface area contributed by atoms with Crippen LogP contribution in [0.3, 0.4) is 0 Å². The van der Waals surface area contributed by atoms with E-state index in [0.717, 1.165) is 37.7 Å². The first-order valence-corrected chi connectivity index (χ1v) is 10.8. The van der Waals surface area contributed by atoms with Crippen molar-refractivity contribution >= 4 is 22.6 Å². The van der Waals surface area contributed by atoms with E-state index in [0.29, 0.717) is 5.92 Å². The van der Waals surface area contributed by atoms with Gasteiger partial charge in [-0.2, -0.15) is 0 Å². The zero-order chi connectivity index (χ0) is 18.5. The maximum atomic E-state index is 10.9. The lowest BCUT2D eigenvalue weighted by atomic mass is 9.61. The summed E-state index contributed by atoms with van der Waals surface area (Å²) in [5, 5.41) is 21.6. The van der Waals surface area contributed by atoms with Crippen molar-refractivity contribution in [1.82, 2.24) is 4.90 Å². The Kier molecular flexibility index (Phi) is 3.74. The fourth-order valence-corrected chi connectivity index (χ4v) is 7.30. The smallest absolute Gasteiger partial charge is 0.105 e. The van der Waals surface area contributed by atoms with Crippen LogP contribution in [-0.2, 0) is 4.74 Å². The van der Waals surface area contributed by atoms with Gasteiger partial charge in [-0.3, -0.25) is 0 Å². The molecule has 4 nitrogen and oxygen atoms in total. The molecule has 142 valence electrons. The van der Waals surface area contributed by atoms with E-state index in [1.165, 1.54) is 9.15 Å². The summed E-state index contributed by atoms with van der Waals surface area (Å²) >= 11 is 2.52. The highest BCUT2D eigenvalue weighted by atomic mass is 127. The molecule has 0 aromatic carbocycles. The average Bonchev–Trinajstić information content (AvgIpc) is 3.07.